The lowest BCUT2D eigenvalue weighted by Crippen LogP contribution is -2.15. The summed E-state index contributed by atoms with van der Waals surface area (Å²) in [4.78, 5) is 15.4. The van der Waals surface area contributed by atoms with Gasteiger partial charge in [0.1, 0.15) is 5.82 Å². The molecule has 2 N–H and O–H groups in total. The zero-order valence-corrected chi connectivity index (χ0v) is 11.2. The topological polar surface area (TPSA) is 84.7 Å². The molecule has 1 amide bonds. The van der Waals surface area contributed by atoms with Crippen LogP contribution >= 0.6 is 11.6 Å². The number of hydrogen-bond donors (Lipinski definition) is 1. The molecule has 0 saturated heterocycles. The molecule has 0 bridgehead atoms. The van der Waals surface area contributed by atoms with E-state index in [9.17, 15) is 4.79 Å². The Labute approximate surface area is 115 Å². The molecule has 2 aromatic rings. The fourth-order valence-corrected chi connectivity index (χ4v) is 2.14. The molecular formula is C13H13ClN4O. The van der Waals surface area contributed by atoms with Crippen molar-refractivity contribution in [3.05, 3.63) is 29.6 Å². The second-order valence-electron chi connectivity index (χ2n) is 4.27. The number of halogens is 1. The summed E-state index contributed by atoms with van der Waals surface area (Å²) in [7, 11) is 0. The number of rotatable bonds is 4. The van der Waals surface area contributed by atoms with Crippen molar-refractivity contribution in [3.63, 3.8) is 0 Å². The van der Waals surface area contributed by atoms with Gasteiger partial charge < -0.3 is 10.3 Å². The van der Waals surface area contributed by atoms with E-state index in [0.29, 0.717) is 17.9 Å². The molecule has 1 unspecified atom stereocenters. The van der Waals surface area contributed by atoms with Gasteiger partial charge in [0, 0.05) is 13.0 Å². The van der Waals surface area contributed by atoms with E-state index in [4.69, 9.17) is 22.6 Å². The van der Waals surface area contributed by atoms with E-state index >= 15 is 0 Å². The SMILES string of the molecule is CC(Cl)c1nc2ccc(C#N)cc2n1CCC(N)=O. The lowest BCUT2D eigenvalue weighted by Gasteiger charge is -2.09. The molecule has 0 aliphatic carbocycles. The van der Waals surface area contributed by atoms with E-state index in [1.807, 2.05) is 11.5 Å². The van der Waals surface area contributed by atoms with Crippen LogP contribution < -0.4 is 5.73 Å². The first-order chi connectivity index (χ1) is 9.02. The Morgan fingerprint density at radius 1 is 1.63 bits per heavy atom. The van der Waals surface area contributed by atoms with Crippen molar-refractivity contribution in [2.75, 3.05) is 0 Å². The van der Waals surface area contributed by atoms with Crippen LogP contribution in [0.25, 0.3) is 11.0 Å². The number of nitrogens with zero attached hydrogens (tertiary/aromatic N) is 3. The van der Waals surface area contributed by atoms with E-state index in [2.05, 4.69) is 11.1 Å². The van der Waals surface area contributed by atoms with Gasteiger partial charge in [0.2, 0.25) is 5.91 Å². The van der Waals surface area contributed by atoms with Crippen molar-refractivity contribution in [3.8, 4) is 6.07 Å². The molecule has 0 saturated carbocycles. The van der Waals surface area contributed by atoms with Gasteiger partial charge in [0.05, 0.1) is 28.0 Å². The molecule has 2 rings (SSSR count). The average Bonchev–Trinajstić information content (AvgIpc) is 2.74. The summed E-state index contributed by atoms with van der Waals surface area (Å²) in [6.45, 7) is 2.22. The molecule has 0 spiro atoms. The van der Waals surface area contributed by atoms with Crippen molar-refractivity contribution in [1.82, 2.24) is 9.55 Å². The van der Waals surface area contributed by atoms with Crippen LogP contribution in [0.15, 0.2) is 18.2 Å². The number of imidazole rings is 1. The Morgan fingerprint density at radius 2 is 2.37 bits per heavy atom. The molecule has 0 radical (unpaired) electrons. The molecule has 6 heteroatoms. The highest BCUT2D eigenvalue weighted by Crippen LogP contribution is 2.25. The van der Waals surface area contributed by atoms with Crippen molar-refractivity contribution in [2.24, 2.45) is 5.73 Å². The van der Waals surface area contributed by atoms with Crippen molar-refractivity contribution < 1.29 is 4.79 Å². The number of nitriles is 1. The van der Waals surface area contributed by atoms with E-state index in [1.165, 1.54) is 0 Å². The third-order valence-corrected chi connectivity index (χ3v) is 3.04. The Morgan fingerprint density at radius 3 is 2.95 bits per heavy atom. The summed E-state index contributed by atoms with van der Waals surface area (Å²) in [6, 6.07) is 7.31. The van der Waals surface area contributed by atoms with E-state index in [0.717, 1.165) is 11.0 Å². The van der Waals surface area contributed by atoms with Crippen LogP contribution in [0.1, 0.15) is 30.1 Å². The van der Waals surface area contributed by atoms with Gasteiger partial charge in [-0.1, -0.05) is 0 Å². The minimum absolute atomic E-state index is 0.207. The predicted molar refractivity (Wildman–Crippen MR) is 72.5 cm³/mol. The summed E-state index contributed by atoms with van der Waals surface area (Å²) in [6.07, 6.45) is 0.207. The van der Waals surface area contributed by atoms with Gasteiger partial charge in [0.25, 0.3) is 0 Å². The molecule has 0 fully saturated rings. The highest BCUT2D eigenvalue weighted by molar-refractivity contribution is 6.20. The number of fused-ring (bicyclic) bond motifs is 1. The number of amides is 1. The average molecular weight is 277 g/mol. The lowest BCUT2D eigenvalue weighted by molar-refractivity contribution is -0.118. The smallest absolute Gasteiger partial charge is 0.219 e. The molecule has 1 heterocycles. The number of carbonyl (C=O) groups is 1. The van der Waals surface area contributed by atoms with Crippen LogP contribution in [0.2, 0.25) is 0 Å². The van der Waals surface area contributed by atoms with Crippen LogP contribution in [0, 0.1) is 11.3 Å². The minimum atomic E-state index is -0.383. The summed E-state index contributed by atoms with van der Waals surface area (Å²) in [5.74, 6) is 0.291. The molecule has 5 nitrogen and oxygen atoms in total. The van der Waals surface area contributed by atoms with Crippen LogP contribution in [0.5, 0.6) is 0 Å². The Balaban J connectivity index is 2.57. The number of nitrogens with two attached hydrogens (primary N) is 1. The summed E-state index contributed by atoms with van der Waals surface area (Å²) < 4.78 is 1.85. The molecule has 1 aromatic carbocycles. The first-order valence-corrected chi connectivity index (χ1v) is 6.29. The van der Waals surface area contributed by atoms with Gasteiger partial charge in [-0.3, -0.25) is 4.79 Å². The van der Waals surface area contributed by atoms with Gasteiger partial charge in [0.15, 0.2) is 0 Å². The second-order valence-corrected chi connectivity index (χ2v) is 4.92. The Hall–Kier alpha value is -2.06. The maximum atomic E-state index is 10.9. The van der Waals surface area contributed by atoms with Crippen LogP contribution in [-0.4, -0.2) is 15.5 Å². The van der Waals surface area contributed by atoms with Crippen molar-refractivity contribution in [1.29, 1.82) is 5.26 Å². The lowest BCUT2D eigenvalue weighted by atomic mass is 10.2. The van der Waals surface area contributed by atoms with Crippen molar-refractivity contribution >= 4 is 28.5 Å². The summed E-state index contributed by atoms with van der Waals surface area (Å²) >= 11 is 6.10. The van der Waals surface area contributed by atoms with Crippen LogP contribution in [0.4, 0.5) is 0 Å². The summed E-state index contributed by atoms with van der Waals surface area (Å²) in [5, 5.41) is 8.66. The minimum Gasteiger partial charge on any atom is -0.370 e. The Bertz CT molecular complexity index is 669. The standard InChI is InChI=1S/C13H13ClN4O/c1-8(14)13-17-10-3-2-9(7-15)6-11(10)18(13)5-4-12(16)19/h2-3,6,8H,4-5H2,1H3,(H2,16,19). The quantitative estimate of drug-likeness (QED) is 0.868. The van der Waals surface area contributed by atoms with E-state index in [1.54, 1.807) is 18.2 Å². The van der Waals surface area contributed by atoms with Crippen LogP contribution in [-0.2, 0) is 11.3 Å². The van der Waals surface area contributed by atoms with Gasteiger partial charge in [-0.2, -0.15) is 5.26 Å². The van der Waals surface area contributed by atoms with E-state index < -0.39 is 0 Å². The number of hydrogen-bond acceptors (Lipinski definition) is 3. The number of primary amides is 1. The maximum absolute atomic E-state index is 10.9. The van der Waals surface area contributed by atoms with Gasteiger partial charge in [-0.05, 0) is 25.1 Å². The van der Waals surface area contributed by atoms with Gasteiger partial charge >= 0.3 is 0 Å². The Kier molecular flexibility index (Phi) is 3.72. The molecular weight excluding hydrogens is 264 g/mol. The normalized spacial score (nSPS) is 12.3. The van der Waals surface area contributed by atoms with Crippen molar-refractivity contribution in [2.45, 2.75) is 25.3 Å². The predicted octanol–water partition coefficient (Wildman–Crippen LogP) is 2.08. The van der Waals surface area contributed by atoms with Gasteiger partial charge in [-0.15, -0.1) is 11.6 Å². The zero-order chi connectivity index (χ0) is 14.0. The maximum Gasteiger partial charge on any atom is 0.219 e. The number of aryl methyl sites for hydroxylation is 1. The molecule has 0 aliphatic heterocycles. The molecule has 0 aliphatic rings. The number of benzene rings is 1. The third kappa shape index (κ3) is 2.69. The number of aromatic nitrogens is 2. The number of carbonyl (C=O) groups excluding carboxylic acids is 1. The van der Waals surface area contributed by atoms with E-state index in [-0.39, 0.29) is 17.7 Å². The molecule has 98 valence electrons. The molecule has 19 heavy (non-hydrogen) atoms. The summed E-state index contributed by atoms with van der Waals surface area (Å²) in [5.41, 5.74) is 7.27. The number of alkyl halides is 1. The second kappa shape index (κ2) is 5.29. The first kappa shape index (κ1) is 13.4. The highest BCUT2D eigenvalue weighted by atomic mass is 35.5. The molecule has 1 atom stereocenters. The largest absolute Gasteiger partial charge is 0.370 e. The first-order valence-electron chi connectivity index (χ1n) is 5.85. The zero-order valence-electron chi connectivity index (χ0n) is 10.4. The third-order valence-electron chi connectivity index (χ3n) is 2.84. The highest BCUT2D eigenvalue weighted by Gasteiger charge is 2.15. The fourth-order valence-electron chi connectivity index (χ4n) is 1.97. The monoisotopic (exact) mass is 276 g/mol. The van der Waals surface area contributed by atoms with Crippen LogP contribution in [0.3, 0.4) is 0 Å². The molecule has 1 aromatic heterocycles. The van der Waals surface area contributed by atoms with Gasteiger partial charge in [-0.25, -0.2) is 4.98 Å². The fraction of sp³-hybridized carbons (Fsp3) is 0.308.